The highest BCUT2D eigenvalue weighted by molar-refractivity contribution is 5.85. The van der Waals surface area contributed by atoms with Gasteiger partial charge in [-0.1, -0.05) is 18.6 Å². The maximum atomic E-state index is 13.0. The maximum absolute atomic E-state index is 13.0. The van der Waals surface area contributed by atoms with Crippen LogP contribution in [0.2, 0.25) is 0 Å². The summed E-state index contributed by atoms with van der Waals surface area (Å²) in [5.41, 5.74) is 1.06. The number of hydrogen-bond donors (Lipinski definition) is 2. The zero-order valence-corrected chi connectivity index (χ0v) is 14.8. The van der Waals surface area contributed by atoms with Gasteiger partial charge in [-0.05, 0) is 56.5 Å². The van der Waals surface area contributed by atoms with Gasteiger partial charge in [0.1, 0.15) is 5.82 Å². The fourth-order valence-corrected chi connectivity index (χ4v) is 3.57. The van der Waals surface area contributed by atoms with Crippen molar-refractivity contribution in [3.63, 3.8) is 0 Å². The molecule has 2 aliphatic heterocycles. The minimum Gasteiger partial charge on any atom is -0.351 e. The summed E-state index contributed by atoms with van der Waals surface area (Å²) in [5, 5.41) is 6.55. The van der Waals surface area contributed by atoms with Crippen molar-refractivity contribution in [1.82, 2.24) is 15.5 Å². The first-order valence-electron chi connectivity index (χ1n) is 8.72. The number of piperidine rings is 2. The highest BCUT2D eigenvalue weighted by Gasteiger charge is 2.30. The Morgan fingerprint density at radius 3 is 2.71 bits per heavy atom. The lowest BCUT2D eigenvalue weighted by atomic mass is 9.99. The van der Waals surface area contributed by atoms with Gasteiger partial charge in [0.25, 0.3) is 0 Å². The number of nitrogens with one attached hydrogen (secondary N) is 2. The van der Waals surface area contributed by atoms with E-state index in [1.807, 2.05) is 12.1 Å². The molecule has 2 aliphatic rings. The Kier molecular flexibility index (Phi) is 7.46. The second-order valence-corrected chi connectivity index (χ2v) is 6.66. The number of amides is 1. The molecule has 0 bridgehead atoms. The molecule has 0 aromatic heterocycles. The normalized spacial score (nSPS) is 24.9. The summed E-state index contributed by atoms with van der Waals surface area (Å²) in [5.74, 6) is -0.0630. The Balaban J connectivity index is 0.00000208. The van der Waals surface area contributed by atoms with Crippen LogP contribution in [0.1, 0.15) is 37.7 Å². The Labute approximate surface area is 149 Å². The van der Waals surface area contributed by atoms with Crippen molar-refractivity contribution in [1.29, 1.82) is 0 Å². The van der Waals surface area contributed by atoms with Crippen LogP contribution in [0, 0.1) is 5.82 Å². The van der Waals surface area contributed by atoms with Crippen LogP contribution in [0.25, 0.3) is 0 Å². The predicted molar refractivity (Wildman–Crippen MR) is 95.7 cm³/mol. The van der Waals surface area contributed by atoms with Gasteiger partial charge in [-0.15, -0.1) is 12.4 Å². The molecular formula is C18H27ClFN3O. The van der Waals surface area contributed by atoms with Crippen LogP contribution in [0.5, 0.6) is 0 Å². The van der Waals surface area contributed by atoms with Gasteiger partial charge in [-0.2, -0.15) is 0 Å². The molecular weight excluding hydrogens is 329 g/mol. The third kappa shape index (κ3) is 5.16. The topological polar surface area (TPSA) is 44.4 Å². The van der Waals surface area contributed by atoms with Crippen LogP contribution in [-0.4, -0.2) is 42.5 Å². The molecule has 0 saturated carbocycles. The van der Waals surface area contributed by atoms with Crippen LogP contribution in [0.3, 0.4) is 0 Å². The first-order valence-corrected chi connectivity index (χ1v) is 8.72. The van der Waals surface area contributed by atoms with Crippen LogP contribution in [0.15, 0.2) is 24.3 Å². The average molecular weight is 356 g/mol. The summed E-state index contributed by atoms with van der Waals surface area (Å²) in [4.78, 5) is 14.9. The van der Waals surface area contributed by atoms with Gasteiger partial charge < -0.3 is 10.6 Å². The number of hydrogen-bond acceptors (Lipinski definition) is 3. The Hall–Kier alpha value is -1.17. The van der Waals surface area contributed by atoms with E-state index < -0.39 is 0 Å². The van der Waals surface area contributed by atoms with Crippen LogP contribution in [-0.2, 0) is 11.3 Å². The van der Waals surface area contributed by atoms with E-state index in [9.17, 15) is 9.18 Å². The van der Waals surface area contributed by atoms with Crippen LogP contribution >= 0.6 is 12.4 Å². The molecule has 1 aromatic rings. The molecule has 2 saturated heterocycles. The van der Waals surface area contributed by atoms with Crippen molar-refractivity contribution in [2.45, 2.75) is 50.7 Å². The van der Waals surface area contributed by atoms with E-state index in [4.69, 9.17) is 0 Å². The van der Waals surface area contributed by atoms with E-state index in [-0.39, 0.29) is 36.2 Å². The largest absolute Gasteiger partial charge is 0.351 e. The highest BCUT2D eigenvalue weighted by Crippen LogP contribution is 2.20. The number of rotatable bonds is 4. The quantitative estimate of drug-likeness (QED) is 0.872. The van der Waals surface area contributed by atoms with E-state index in [1.165, 1.54) is 12.1 Å². The van der Waals surface area contributed by atoms with Crippen molar-refractivity contribution in [3.8, 4) is 0 Å². The number of carbonyl (C=O) groups excluding carboxylic acids is 1. The molecule has 4 nitrogen and oxygen atoms in total. The van der Waals surface area contributed by atoms with Crippen molar-refractivity contribution >= 4 is 18.3 Å². The molecule has 1 aromatic carbocycles. The summed E-state index contributed by atoms with van der Waals surface area (Å²) in [6.45, 7) is 3.56. The third-order valence-corrected chi connectivity index (χ3v) is 4.86. The van der Waals surface area contributed by atoms with E-state index >= 15 is 0 Å². The summed E-state index contributed by atoms with van der Waals surface area (Å²) >= 11 is 0. The van der Waals surface area contributed by atoms with Crippen molar-refractivity contribution in [2.75, 3.05) is 19.6 Å². The SMILES string of the molecule is Cl.O=C(N[C@H]1CCCNC1)C1CCCCN1Cc1ccc(F)cc1. The Morgan fingerprint density at radius 2 is 2.00 bits per heavy atom. The summed E-state index contributed by atoms with van der Waals surface area (Å²) in [7, 11) is 0. The minimum absolute atomic E-state index is 0. The molecule has 2 heterocycles. The molecule has 2 fully saturated rings. The monoisotopic (exact) mass is 355 g/mol. The summed E-state index contributed by atoms with van der Waals surface area (Å²) < 4.78 is 13.0. The molecule has 0 spiro atoms. The summed E-state index contributed by atoms with van der Waals surface area (Å²) in [6, 6.07) is 6.79. The lowest BCUT2D eigenvalue weighted by Gasteiger charge is -2.36. The molecule has 1 amide bonds. The summed E-state index contributed by atoms with van der Waals surface area (Å²) in [6.07, 6.45) is 5.31. The highest BCUT2D eigenvalue weighted by atomic mass is 35.5. The van der Waals surface area contributed by atoms with Crippen molar-refractivity contribution in [2.24, 2.45) is 0 Å². The Morgan fingerprint density at radius 1 is 1.21 bits per heavy atom. The molecule has 0 aliphatic carbocycles. The number of halogens is 2. The minimum atomic E-state index is -0.216. The smallest absolute Gasteiger partial charge is 0.237 e. The third-order valence-electron chi connectivity index (χ3n) is 4.86. The van der Waals surface area contributed by atoms with Gasteiger partial charge in [0.15, 0.2) is 0 Å². The molecule has 3 rings (SSSR count). The van der Waals surface area contributed by atoms with Crippen LogP contribution < -0.4 is 10.6 Å². The molecule has 0 radical (unpaired) electrons. The number of likely N-dealkylation sites (tertiary alicyclic amines) is 1. The predicted octanol–water partition coefficient (Wildman–Crippen LogP) is 2.47. The zero-order chi connectivity index (χ0) is 16.1. The molecule has 2 N–H and O–H groups in total. The van der Waals surface area contributed by atoms with Gasteiger partial charge >= 0.3 is 0 Å². The Bertz CT molecular complexity index is 520. The van der Waals surface area contributed by atoms with E-state index in [2.05, 4.69) is 15.5 Å². The molecule has 24 heavy (non-hydrogen) atoms. The standard InChI is InChI=1S/C18H26FN3O.ClH/c19-15-8-6-14(7-9-15)13-22-11-2-1-5-17(22)18(23)21-16-4-3-10-20-12-16;/h6-9,16-17,20H,1-5,10-13H2,(H,21,23);1H/t16-,17?;/m0./s1. The molecule has 6 heteroatoms. The van der Waals surface area contributed by atoms with Gasteiger partial charge in [-0.25, -0.2) is 4.39 Å². The van der Waals surface area contributed by atoms with E-state index in [0.29, 0.717) is 6.54 Å². The first kappa shape index (κ1) is 19.2. The maximum Gasteiger partial charge on any atom is 0.237 e. The molecule has 2 atom stereocenters. The fraction of sp³-hybridized carbons (Fsp3) is 0.611. The van der Waals surface area contributed by atoms with E-state index in [0.717, 1.165) is 57.3 Å². The van der Waals surface area contributed by atoms with Gasteiger partial charge in [-0.3, -0.25) is 9.69 Å². The van der Waals surface area contributed by atoms with Crippen LogP contribution in [0.4, 0.5) is 4.39 Å². The molecule has 134 valence electrons. The zero-order valence-electron chi connectivity index (χ0n) is 14.0. The second-order valence-electron chi connectivity index (χ2n) is 6.66. The average Bonchev–Trinajstić information content (AvgIpc) is 2.58. The number of benzene rings is 1. The van der Waals surface area contributed by atoms with Gasteiger partial charge in [0.2, 0.25) is 5.91 Å². The van der Waals surface area contributed by atoms with E-state index in [1.54, 1.807) is 0 Å². The van der Waals surface area contributed by atoms with Gasteiger partial charge in [0, 0.05) is 19.1 Å². The second kappa shape index (κ2) is 9.35. The van der Waals surface area contributed by atoms with Crippen molar-refractivity contribution < 1.29 is 9.18 Å². The lowest BCUT2D eigenvalue weighted by molar-refractivity contribution is -0.128. The fourth-order valence-electron chi connectivity index (χ4n) is 3.57. The first-order chi connectivity index (χ1) is 11.2. The number of carbonyl (C=O) groups is 1. The van der Waals surface area contributed by atoms with Crippen molar-refractivity contribution in [3.05, 3.63) is 35.6 Å². The molecule has 1 unspecified atom stereocenters. The lowest BCUT2D eigenvalue weighted by Crippen LogP contribution is -2.54. The number of nitrogens with zero attached hydrogens (tertiary/aromatic N) is 1. The van der Waals surface area contributed by atoms with Gasteiger partial charge in [0.05, 0.1) is 6.04 Å².